The molecule has 0 saturated heterocycles. The van der Waals surface area contributed by atoms with Crippen LogP contribution in [0.3, 0.4) is 0 Å². The second kappa shape index (κ2) is 5.07. The van der Waals surface area contributed by atoms with Crippen LogP contribution in [0.15, 0.2) is 36.4 Å². The molecule has 0 fully saturated rings. The number of nitrogens with zero attached hydrogens (tertiary/aromatic N) is 1. The van der Waals surface area contributed by atoms with Gasteiger partial charge in [0.05, 0.1) is 11.3 Å². The molecule has 0 aliphatic heterocycles. The number of nitriles is 1. The first kappa shape index (κ1) is 12.4. The number of benzene rings is 2. The summed E-state index contributed by atoms with van der Waals surface area (Å²) in [6.45, 7) is 1.70. The zero-order valence-corrected chi connectivity index (χ0v) is 10.4. The Labute approximate surface area is 110 Å². The van der Waals surface area contributed by atoms with E-state index in [1.807, 2.05) is 6.07 Å². The number of nitrogens with one attached hydrogen (secondary N) is 1. The fourth-order valence-electron chi connectivity index (χ4n) is 1.54. The average Bonchev–Trinajstić information content (AvgIpc) is 2.36. The number of hydrogen-bond acceptors (Lipinski definition) is 2. The van der Waals surface area contributed by atoms with Crippen molar-refractivity contribution in [1.29, 1.82) is 5.26 Å². The molecule has 0 amide bonds. The third kappa shape index (κ3) is 2.61. The first-order valence-electron chi connectivity index (χ1n) is 5.33. The van der Waals surface area contributed by atoms with Gasteiger partial charge in [-0.1, -0.05) is 17.7 Å². The van der Waals surface area contributed by atoms with Gasteiger partial charge >= 0.3 is 0 Å². The summed E-state index contributed by atoms with van der Waals surface area (Å²) in [4.78, 5) is 0. The van der Waals surface area contributed by atoms with Crippen molar-refractivity contribution in [3.8, 4) is 6.07 Å². The molecular weight excluding hydrogens is 251 g/mol. The first-order valence-corrected chi connectivity index (χ1v) is 5.71. The average molecular weight is 261 g/mol. The molecule has 90 valence electrons. The Kier molecular flexibility index (Phi) is 3.50. The highest BCUT2D eigenvalue weighted by Crippen LogP contribution is 2.24. The molecule has 2 aromatic carbocycles. The molecule has 0 aliphatic carbocycles. The van der Waals surface area contributed by atoms with Gasteiger partial charge in [-0.15, -0.1) is 0 Å². The van der Waals surface area contributed by atoms with Gasteiger partial charge in [-0.05, 0) is 42.8 Å². The van der Waals surface area contributed by atoms with Crippen LogP contribution in [0.2, 0.25) is 5.02 Å². The van der Waals surface area contributed by atoms with E-state index in [0.29, 0.717) is 27.5 Å². The van der Waals surface area contributed by atoms with Gasteiger partial charge in [0.25, 0.3) is 0 Å². The van der Waals surface area contributed by atoms with E-state index in [1.54, 1.807) is 37.3 Å². The number of hydrogen-bond donors (Lipinski definition) is 1. The molecule has 1 N–H and O–H groups in total. The van der Waals surface area contributed by atoms with Crippen LogP contribution >= 0.6 is 11.6 Å². The van der Waals surface area contributed by atoms with Gasteiger partial charge in [0, 0.05) is 10.7 Å². The van der Waals surface area contributed by atoms with Crippen molar-refractivity contribution in [1.82, 2.24) is 0 Å². The summed E-state index contributed by atoms with van der Waals surface area (Å²) in [7, 11) is 0. The highest BCUT2D eigenvalue weighted by molar-refractivity contribution is 6.30. The fourth-order valence-corrected chi connectivity index (χ4v) is 1.72. The van der Waals surface area contributed by atoms with Crippen LogP contribution < -0.4 is 5.32 Å². The maximum Gasteiger partial charge on any atom is 0.128 e. The number of halogens is 2. The van der Waals surface area contributed by atoms with Crippen molar-refractivity contribution in [3.63, 3.8) is 0 Å². The molecular formula is C14H10ClFN2. The summed E-state index contributed by atoms with van der Waals surface area (Å²) >= 11 is 5.81. The molecule has 0 saturated carbocycles. The van der Waals surface area contributed by atoms with E-state index in [1.165, 1.54) is 6.07 Å². The molecule has 2 rings (SSSR count). The standard InChI is InChI=1S/C14H10ClFN2/c1-9-2-4-12(7-13(9)16)18-14-5-3-11(15)6-10(14)8-17/h2-7,18H,1H3. The second-order valence-corrected chi connectivity index (χ2v) is 4.33. The van der Waals surface area contributed by atoms with Crippen molar-refractivity contribution < 1.29 is 4.39 Å². The molecule has 4 heteroatoms. The minimum absolute atomic E-state index is 0.285. The Morgan fingerprint density at radius 3 is 2.67 bits per heavy atom. The fraction of sp³-hybridized carbons (Fsp3) is 0.0714. The highest BCUT2D eigenvalue weighted by atomic mass is 35.5. The monoisotopic (exact) mass is 260 g/mol. The maximum atomic E-state index is 13.4. The van der Waals surface area contributed by atoms with Crippen molar-refractivity contribution >= 4 is 23.0 Å². The highest BCUT2D eigenvalue weighted by Gasteiger charge is 2.05. The van der Waals surface area contributed by atoms with Crippen LogP contribution in [-0.2, 0) is 0 Å². The zero-order chi connectivity index (χ0) is 13.1. The Balaban J connectivity index is 2.34. The summed E-state index contributed by atoms with van der Waals surface area (Å²) in [5.41, 5.74) is 2.20. The minimum Gasteiger partial charge on any atom is -0.354 e. The molecule has 18 heavy (non-hydrogen) atoms. The predicted octanol–water partition coefficient (Wildman–Crippen LogP) is 4.40. The quantitative estimate of drug-likeness (QED) is 0.869. The molecule has 2 aromatic rings. The third-order valence-electron chi connectivity index (χ3n) is 2.55. The number of anilines is 2. The second-order valence-electron chi connectivity index (χ2n) is 3.89. The van der Waals surface area contributed by atoms with Crippen LogP contribution in [0.5, 0.6) is 0 Å². The summed E-state index contributed by atoms with van der Waals surface area (Å²) in [6.07, 6.45) is 0. The predicted molar refractivity (Wildman–Crippen MR) is 70.6 cm³/mol. The maximum absolute atomic E-state index is 13.4. The lowest BCUT2D eigenvalue weighted by Crippen LogP contribution is -1.95. The zero-order valence-electron chi connectivity index (χ0n) is 9.67. The van der Waals surface area contributed by atoms with Gasteiger partial charge in [-0.3, -0.25) is 0 Å². The minimum atomic E-state index is -0.285. The number of aryl methyl sites for hydroxylation is 1. The van der Waals surface area contributed by atoms with E-state index in [-0.39, 0.29) is 5.82 Å². The lowest BCUT2D eigenvalue weighted by atomic mass is 10.1. The van der Waals surface area contributed by atoms with Gasteiger partial charge in [-0.25, -0.2) is 4.39 Å². The van der Waals surface area contributed by atoms with Crippen molar-refractivity contribution in [2.24, 2.45) is 0 Å². The van der Waals surface area contributed by atoms with E-state index in [0.717, 1.165) is 0 Å². The molecule has 0 aliphatic rings. The van der Waals surface area contributed by atoms with E-state index >= 15 is 0 Å². The van der Waals surface area contributed by atoms with Gasteiger partial charge in [-0.2, -0.15) is 5.26 Å². The van der Waals surface area contributed by atoms with E-state index < -0.39 is 0 Å². The van der Waals surface area contributed by atoms with Crippen molar-refractivity contribution in [3.05, 3.63) is 58.4 Å². The van der Waals surface area contributed by atoms with E-state index in [9.17, 15) is 4.39 Å². The van der Waals surface area contributed by atoms with Crippen LogP contribution in [0.1, 0.15) is 11.1 Å². The van der Waals surface area contributed by atoms with Crippen molar-refractivity contribution in [2.75, 3.05) is 5.32 Å². The van der Waals surface area contributed by atoms with Gasteiger partial charge in [0.15, 0.2) is 0 Å². The SMILES string of the molecule is Cc1ccc(Nc2ccc(Cl)cc2C#N)cc1F. The lowest BCUT2D eigenvalue weighted by Gasteiger charge is -2.09. The molecule has 0 radical (unpaired) electrons. The van der Waals surface area contributed by atoms with Crippen LogP contribution in [0.4, 0.5) is 15.8 Å². The van der Waals surface area contributed by atoms with Gasteiger partial charge in [0.1, 0.15) is 11.9 Å². The van der Waals surface area contributed by atoms with Gasteiger partial charge in [0.2, 0.25) is 0 Å². The Bertz CT molecular complexity index is 632. The summed E-state index contributed by atoms with van der Waals surface area (Å²) in [5, 5.41) is 12.5. The largest absolute Gasteiger partial charge is 0.354 e. The Morgan fingerprint density at radius 2 is 2.00 bits per heavy atom. The molecule has 0 bridgehead atoms. The Hall–Kier alpha value is -2.05. The van der Waals surface area contributed by atoms with Crippen molar-refractivity contribution in [2.45, 2.75) is 6.92 Å². The molecule has 0 spiro atoms. The Morgan fingerprint density at radius 1 is 1.22 bits per heavy atom. The third-order valence-corrected chi connectivity index (χ3v) is 2.79. The van der Waals surface area contributed by atoms with Crippen LogP contribution in [0.25, 0.3) is 0 Å². The smallest absolute Gasteiger partial charge is 0.128 e. The summed E-state index contributed by atoms with van der Waals surface area (Å²) in [5.74, 6) is -0.285. The van der Waals surface area contributed by atoms with Gasteiger partial charge < -0.3 is 5.32 Å². The summed E-state index contributed by atoms with van der Waals surface area (Å²) < 4.78 is 13.4. The lowest BCUT2D eigenvalue weighted by molar-refractivity contribution is 0.619. The molecule has 0 aromatic heterocycles. The van der Waals surface area contributed by atoms with Crippen LogP contribution in [0, 0.1) is 24.1 Å². The molecule has 0 atom stereocenters. The normalized spacial score (nSPS) is 9.89. The van der Waals surface area contributed by atoms with Crippen LogP contribution in [-0.4, -0.2) is 0 Å². The first-order chi connectivity index (χ1) is 8.60. The summed E-state index contributed by atoms with van der Waals surface area (Å²) in [6, 6.07) is 11.8. The molecule has 0 unspecified atom stereocenters. The van der Waals surface area contributed by atoms with E-state index in [2.05, 4.69) is 5.32 Å². The van der Waals surface area contributed by atoms with E-state index in [4.69, 9.17) is 16.9 Å². The topological polar surface area (TPSA) is 35.8 Å². The number of rotatable bonds is 2. The molecule has 2 nitrogen and oxygen atoms in total. The molecule has 0 heterocycles.